The van der Waals surface area contributed by atoms with Crippen LogP contribution >= 0.6 is 23.4 Å². The fourth-order valence-corrected chi connectivity index (χ4v) is 4.14. The topological polar surface area (TPSA) is 39.2 Å². The van der Waals surface area contributed by atoms with E-state index in [1.165, 1.54) is 25.7 Å². The third-order valence-electron chi connectivity index (χ3n) is 3.69. The molecule has 19 heavy (non-hydrogen) atoms. The number of benzene rings is 1. The maximum atomic E-state index is 6.23. The molecule has 1 aliphatic rings. The van der Waals surface area contributed by atoms with E-state index in [0.29, 0.717) is 5.02 Å². The molecule has 1 atom stereocenters. The predicted octanol–water partition coefficient (Wildman–Crippen LogP) is 4.76. The van der Waals surface area contributed by atoms with Gasteiger partial charge in [0, 0.05) is 16.4 Å². The van der Waals surface area contributed by atoms with E-state index in [1.54, 1.807) is 0 Å². The molecule has 0 amide bonds. The van der Waals surface area contributed by atoms with Crippen LogP contribution in [0.4, 0.5) is 0 Å². The Morgan fingerprint density at radius 3 is 2.89 bits per heavy atom. The average Bonchev–Trinajstić information content (AvgIpc) is 3.05. The van der Waals surface area contributed by atoms with E-state index in [-0.39, 0.29) is 6.04 Å². The summed E-state index contributed by atoms with van der Waals surface area (Å²) in [6.07, 6.45) is 5.41. The van der Waals surface area contributed by atoms with Crippen molar-refractivity contribution in [2.24, 2.45) is 5.73 Å². The van der Waals surface area contributed by atoms with Gasteiger partial charge >= 0.3 is 0 Å². The van der Waals surface area contributed by atoms with Crippen LogP contribution in [0, 0.1) is 0 Å². The van der Waals surface area contributed by atoms with Crippen LogP contribution in [-0.2, 0) is 0 Å². The molecule has 1 aromatic heterocycles. The van der Waals surface area contributed by atoms with E-state index in [2.05, 4.69) is 0 Å². The number of hydrogen-bond acceptors (Lipinski definition) is 3. The summed E-state index contributed by atoms with van der Waals surface area (Å²) in [4.78, 5) is 0. The lowest BCUT2D eigenvalue weighted by molar-refractivity contribution is 0.516. The Balaban J connectivity index is 1.70. The number of nitrogens with two attached hydrogens (primary N) is 1. The molecular formula is C15H18ClNOS. The van der Waals surface area contributed by atoms with E-state index in [9.17, 15) is 0 Å². The molecule has 1 saturated carbocycles. The van der Waals surface area contributed by atoms with Crippen LogP contribution in [0.5, 0.6) is 0 Å². The summed E-state index contributed by atoms with van der Waals surface area (Å²) in [6, 6.07) is 7.75. The predicted molar refractivity (Wildman–Crippen MR) is 82.9 cm³/mol. The van der Waals surface area contributed by atoms with Gasteiger partial charge in [-0.1, -0.05) is 36.6 Å². The standard InChI is InChI=1S/C15H18ClNOS/c16-12-7-3-4-10-8-14(18-15(10)12)13(17)9-19-11-5-1-2-6-11/h3-4,7-8,11,13H,1-2,5-6,9,17H2. The highest BCUT2D eigenvalue weighted by Crippen LogP contribution is 2.33. The van der Waals surface area contributed by atoms with Gasteiger partial charge in [0.2, 0.25) is 0 Å². The second-order valence-corrected chi connectivity index (χ2v) is 6.89. The molecule has 2 aromatic rings. The highest BCUT2D eigenvalue weighted by molar-refractivity contribution is 7.99. The third kappa shape index (κ3) is 2.93. The van der Waals surface area contributed by atoms with Crippen molar-refractivity contribution in [3.8, 4) is 0 Å². The Hall–Kier alpha value is -0.640. The highest BCUT2D eigenvalue weighted by Gasteiger charge is 2.19. The van der Waals surface area contributed by atoms with Gasteiger partial charge in [0.25, 0.3) is 0 Å². The summed E-state index contributed by atoms with van der Waals surface area (Å²) in [6.45, 7) is 0. The van der Waals surface area contributed by atoms with Crippen LogP contribution in [0.3, 0.4) is 0 Å². The number of halogens is 1. The summed E-state index contributed by atoms with van der Waals surface area (Å²) in [7, 11) is 0. The summed E-state index contributed by atoms with van der Waals surface area (Å²) in [5.41, 5.74) is 6.98. The first-order chi connectivity index (χ1) is 9.24. The normalized spacial score (nSPS) is 18.2. The van der Waals surface area contributed by atoms with Crippen LogP contribution in [-0.4, -0.2) is 11.0 Å². The molecule has 3 rings (SSSR count). The minimum atomic E-state index is -0.0472. The molecule has 1 unspecified atom stereocenters. The molecule has 1 aliphatic carbocycles. The molecule has 1 fully saturated rings. The average molecular weight is 296 g/mol. The van der Waals surface area contributed by atoms with Crippen LogP contribution < -0.4 is 5.73 Å². The van der Waals surface area contributed by atoms with E-state index in [0.717, 1.165) is 27.7 Å². The number of furan rings is 1. The van der Waals surface area contributed by atoms with E-state index in [1.807, 2.05) is 36.0 Å². The van der Waals surface area contributed by atoms with Crippen molar-refractivity contribution >= 4 is 34.3 Å². The van der Waals surface area contributed by atoms with Crippen molar-refractivity contribution in [3.63, 3.8) is 0 Å². The van der Waals surface area contributed by atoms with Gasteiger partial charge in [-0.3, -0.25) is 0 Å². The largest absolute Gasteiger partial charge is 0.458 e. The highest BCUT2D eigenvalue weighted by atomic mass is 35.5. The Kier molecular flexibility index (Phi) is 4.06. The van der Waals surface area contributed by atoms with Gasteiger partial charge < -0.3 is 10.2 Å². The second kappa shape index (κ2) is 5.78. The van der Waals surface area contributed by atoms with Gasteiger partial charge in [-0.25, -0.2) is 0 Å². The molecule has 1 aromatic carbocycles. The third-order valence-corrected chi connectivity index (χ3v) is 5.49. The quantitative estimate of drug-likeness (QED) is 0.883. The fraction of sp³-hybridized carbons (Fsp3) is 0.467. The molecule has 2 N–H and O–H groups in total. The van der Waals surface area contributed by atoms with Crippen LogP contribution in [0.25, 0.3) is 11.0 Å². The molecule has 0 aliphatic heterocycles. The monoisotopic (exact) mass is 295 g/mol. The maximum Gasteiger partial charge on any atom is 0.152 e. The summed E-state index contributed by atoms with van der Waals surface area (Å²) < 4.78 is 5.81. The number of fused-ring (bicyclic) bond motifs is 1. The van der Waals surface area contributed by atoms with Gasteiger partial charge in [0.1, 0.15) is 5.76 Å². The number of para-hydroxylation sites is 1. The van der Waals surface area contributed by atoms with Crippen molar-refractivity contribution in [3.05, 3.63) is 35.0 Å². The molecule has 0 radical (unpaired) electrons. The first kappa shape index (κ1) is 13.3. The minimum Gasteiger partial charge on any atom is -0.458 e. The summed E-state index contributed by atoms with van der Waals surface area (Å²) >= 11 is 8.10. The number of rotatable bonds is 4. The lowest BCUT2D eigenvalue weighted by Crippen LogP contribution is -2.13. The van der Waals surface area contributed by atoms with E-state index < -0.39 is 0 Å². The molecule has 102 valence electrons. The maximum absolute atomic E-state index is 6.23. The Bertz CT molecular complexity index is 562. The number of thioether (sulfide) groups is 1. The molecule has 0 bridgehead atoms. The van der Waals surface area contributed by atoms with Gasteiger partial charge in [-0.15, -0.1) is 0 Å². The van der Waals surface area contributed by atoms with Gasteiger partial charge in [0.15, 0.2) is 5.58 Å². The van der Waals surface area contributed by atoms with Gasteiger partial charge in [-0.2, -0.15) is 11.8 Å². The van der Waals surface area contributed by atoms with Crippen LogP contribution in [0.1, 0.15) is 37.5 Å². The zero-order valence-electron chi connectivity index (χ0n) is 10.8. The SMILES string of the molecule is NC(CSC1CCCC1)c1cc2cccc(Cl)c2o1. The van der Waals surface area contributed by atoms with Crippen molar-refractivity contribution in [2.45, 2.75) is 37.0 Å². The Morgan fingerprint density at radius 1 is 1.37 bits per heavy atom. The van der Waals surface area contributed by atoms with Crippen molar-refractivity contribution in [2.75, 3.05) is 5.75 Å². The van der Waals surface area contributed by atoms with Crippen molar-refractivity contribution < 1.29 is 4.42 Å². The van der Waals surface area contributed by atoms with E-state index >= 15 is 0 Å². The Labute approximate surface area is 122 Å². The first-order valence-electron chi connectivity index (χ1n) is 6.79. The van der Waals surface area contributed by atoms with Crippen molar-refractivity contribution in [1.82, 2.24) is 0 Å². The van der Waals surface area contributed by atoms with Crippen LogP contribution in [0.2, 0.25) is 5.02 Å². The molecule has 0 saturated heterocycles. The summed E-state index contributed by atoms with van der Waals surface area (Å²) in [5, 5.41) is 2.47. The molecular weight excluding hydrogens is 278 g/mol. The minimum absolute atomic E-state index is 0.0472. The lowest BCUT2D eigenvalue weighted by Gasteiger charge is -2.12. The van der Waals surface area contributed by atoms with Gasteiger partial charge in [-0.05, 0) is 25.0 Å². The second-order valence-electron chi connectivity index (χ2n) is 5.15. The first-order valence-corrected chi connectivity index (χ1v) is 8.22. The number of hydrogen-bond donors (Lipinski definition) is 1. The van der Waals surface area contributed by atoms with Crippen molar-refractivity contribution in [1.29, 1.82) is 0 Å². The smallest absolute Gasteiger partial charge is 0.152 e. The zero-order chi connectivity index (χ0) is 13.2. The molecule has 4 heteroatoms. The Morgan fingerprint density at radius 2 is 2.16 bits per heavy atom. The molecule has 0 spiro atoms. The lowest BCUT2D eigenvalue weighted by atomic mass is 10.2. The fourth-order valence-electron chi connectivity index (χ4n) is 2.61. The van der Waals surface area contributed by atoms with Gasteiger partial charge in [0.05, 0.1) is 11.1 Å². The zero-order valence-corrected chi connectivity index (χ0v) is 12.3. The van der Waals surface area contributed by atoms with Crippen LogP contribution in [0.15, 0.2) is 28.7 Å². The summed E-state index contributed by atoms with van der Waals surface area (Å²) in [5.74, 6) is 1.76. The molecule has 1 heterocycles. The molecule has 2 nitrogen and oxygen atoms in total. The van der Waals surface area contributed by atoms with E-state index in [4.69, 9.17) is 21.8 Å².